The summed E-state index contributed by atoms with van der Waals surface area (Å²) in [5, 5.41) is 5.96. The van der Waals surface area contributed by atoms with Crippen LogP contribution in [0.1, 0.15) is 43.6 Å². The van der Waals surface area contributed by atoms with Gasteiger partial charge in [0, 0.05) is 22.4 Å². The van der Waals surface area contributed by atoms with Crippen molar-refractivity contribution >= 4 is 11.3 Å². The van der Waals surface area contributed by atoms with E-state index in [4.69, 9.17) is 0 Å². The Morgan fingerprint density at radius 2 is 2.14 bits per heavy atom. The summed E-state index contributed by atoms with van der Waals surface area (Å²) < 4.78 is 0. The topological polar surface area (TPSA) is 12.0 Å². The first-order chi connectivity index (χ1) is 6.64. The molecule has 0 saturated heterocycles. The minimum absolute atomic E-state index is 0.191. The number of hydrogen-bond donors (Lipinski definition) is 1. The van der Waals surface area contributed by atoms with Crippen LogP contribution < -0.4 is 5.32 Å². The van der Waals surface area contributed by atoms with E-state index in [2.05, 4.69) is 30.6 Å². The molecule has 1 aliphatic heterocycles. The Hall–Kier alpha value is -0.340. The lowest BCUT2D eigenvalue weighted by Gasteiger charge is -2.49. The Balaban J connectivity index is 2.12. The van der Waals surface area contributed by atoms with Crippen molar-refractivity contribution in [3.8, 4) is 0 Å². The Bertz CT molecular complexity index is 360. The van der Waals surface area contributed by atoms with Gasteiger partial charge in [-0.3, -0.25) is 0 Å². The molecule has 76 valence electrons. The van der Waals surface area contributed by atoms with Gasteiger partial charge in [0.05, 0.1) is 0 Å². The van der Waals surface area contributed by atoms with Crippen molar-refractivity contribution in [1.82, 2.24) is 5.32 Å². The number of thiophene rings is 1. The second-order valence-electron chi connectivity index (χ2n) is 5.28. The highest BCUT2D eigenvalue weighted by atomic mass is 32.1. The van der Waals surface area contributed by atoms with E-state index >= 15 is 0 Å². The van der Waals surface area contributed by atoms with Crippen LogP contribution in [0.25, 0.3) is 0 Å². The average Bonchev–Trinajstić information content (AvgIpc) is 2.51. The zero-order valence-corrected chi connectivity index (χ0v) is 9.71. The number of rotatable bonds is 0. The Morgan fingerprint density at radius 1 is 1.36 bits per heavy atom. The summed E-state index contributed by atoms with van der Waals surface area (Å²) in [4.78, 5) is 1.67. The van der Waals surface area contributed by atoms with Crippen LogP contribution in [0.2, 0.25) is 0 Å². The molecule has 0 atom stereocenters. The fourth-order valence-electron chi connectivity index (χ4n) is 2.79. The number of hydrogen-bond acceptors (Lipinski definition) is 2. The minimum atomic E-state index is 0.191. The van der Waals surface area contributed by atoms with Crippen LogP contribution in [-0.4, -0.2) is 6.54 Å². The molecule has 0 unspecified atom stereocenters. The van der Waals surface area contributed by atoms with Crippen molar-refractivity contribution in [2.75, 3.05) is 6.54 Å². The van der Waals surface area contributed by atoms with Crippen LogP contribution in [0.3, 0.4) is 0 Å². The van der Waals surface area contributed by atoms with Gasteiger partial charge in [-0.05, 0) is 43.7 Å². The van der Waals surface area contributed by atoms with E-state index in [-0.39, 0.29) is 5.54 Å². The highest BCUT2D eigenvalue weighted by molar-refractivity contribution is 7.10. The van der Waals surface area contributed by atoms with Crippen LogP contribution in [0, 0.1) is 0 Å². The fourth-order valence-corrected chi connectivity index (χ4v) is 4.10. The monoisotopic (exact) mass is 207 g/mol. The standard InChI is InChI=1S/C12H17NS/c1-11(2)9-4-7-14-10(9)12(8-13-11)5-3-6-12/h4,7,13H,3,5-6,8H2,1-2H3. The van der Waals surface area contributed by atoms with Gasteiger partial charge in [0.25, 0.3) is 0 Å². The van der Waals surface area contributed by atoms with Crippen molar-refractivity contribution in [3.05, 3.63) is 21.9 Å². The molecular weight excluding hydrogens is 190 g/mol. The van der Waals surface area contributed by atoms with E-state index in [1.165, 1.54) is 25.8 Å². The van der Waals surface area contributed by atoms with Gasteiger partial charge >= 0.3 is 0 Å². The van der Waals surface area contributed by atoms with E-state index < -0.39 is 0 Å². The van der Waals surface area contributed by atoms with E-state index in [9.17, 15) is 0 Å². The third-order valence-corrected chi connectivity index (χ3v) is 5.16. The molecule has 2 heterocycles. The van der Waals surface area contributed by atoms with Crippen LogP contribution >= 0.6 is 11.3 Å². The molecule has 14 heavy (non-hydrogen) atoms. The first-order valence-electron chi connectivity index (χ1n) is 5.48. The molecule has 1 N–H and O–H groups in total. The molecule has 1 aliphatic carbocycles. The summed E-state index contributed by atoms with van der Waals surface area (Å²) in [5.74, 6) is 0. The molecule has 1 nitrogen and oxygen atoms in total. The molecule has 1 saturated carbocycles. The van der Waals surface area contributed by atoms with Gasteiger partial charge in [-0.1, -0.05) is 6.42 Å². The highest BCUT2D eigenvalue weighted by Gasteiger charge is 2.46. The lowest BCUT2D eigenvalue weighted by atomic mass is 9.63. The van der Waals surface area contributed by atoms with Crippen LogP contribution in [0.4, 0.5) is 0 Å². The van der Waals surface area contributed by atoms with E-state index in [0.29, 0.717) is 5.41 Å². The average molecular weight is 207 g/mol. The Morgan fingerprint density at radius 3 is 2.79 bits per heavy atom. The smallest absolute Gasteiger partial charge is 0.0389 e. The van der Waals surface area contributed by atoms with Crippen molar-refractivity contribution in [2.24, 2.45) is 0 Å². The Kier molecular flexibility index (Phi) is 1.67. The van der Waals surface area contributed by atoms with E-state index in [0.717, 1.165) is 0 Å². The van der Waals surface area contributed by atoms with Gasteiger partial charge in [-0.15, -0.1) is 11.3 Å². The summed E-state index contributed by atoms with van der Waals surface area (Å²) in [6.07, 6.45) is 4.20. The fraction of sp³-hybridized carbons (Fsp3) is 0.667. The zero-order chi connectivity index (χ0) is 9.81. The van der Waals surface area contributed by atoms with Gasteiger partial charge < -0.3 is 5.32 Å². The van der Waals surface area contributed by atoms with Crippen LogP contribution in [-0.2, 0) is 11.0 Å². The van der Waals surface area contributed by atoms with Crippen molar-refractivity contribution in [3.63, 3.8) is 0 Å². The summed E-state index contributed by atoms with van der Waals surface area (Å²) in [7, 11) is 0. The second-order valence-corrected chi connectivity index (χ2v) is 6.19. The predicted molar refractivity (Wildman–Crippen MR) is 60.9 cm³/mol. The molecule has 2 heteroatoms. The van der Waals surface area contributed by atoms with Crippen LogP contribution in [0.5, 0.6) is 0 Å². The zero-order valence-electron chi connectivity index (χ0n) is 8.89. The maximum absolute atomic E-state index is 3.70. The van der Waals surface area contributed by atoms with Gasteiger partial charge in [-0.25, -0.2) is 0 Å². The predicted octanol–water partition coefficient (Wildman–Crippen LogP) is 3.01. The molecule has 0 aromatic carbocycles. The van der Waals surface area contributed by atoms with Gasteiger partial charge in [0.1, 0.15) is 0 Å². The van der Waals surface area contributed by atoms with Crippen molar-refractivity contribution in [2.45, 2.75) is 44.1 Å². The third-order valence-electron chi connectivity index (χ3n) is 4.00. The van der Waals surface area contributed by atoms with Gasteiger partial charge in [0.15, 0.2) is 0 Å². The Labute approximate surface area is 89.5 Å². The van der Waals surface area contributed by atoms with Crippen LogP contribution in [0.15, 0.2) is 11.4 Å². The van der Waals surface area contributed by atoms with Gasteiger partial charge in [-0.2, -0.15) is 0 Å². The first-order valence-corrected chi connectivity index (χ1v) is 6.36. The van der Waals surface area contributed by atoms with Gasteiger partial charge in [0.2, 0.25) is 0 Å². The molecule has 1 fully saturated rings. The normalized spacial score (nSPS) is 27.0. The summed E-state index contributed by atoms with van der Waals surface area (Å²) >= 11 is 1.97. The molecular formula is C12H17NS. The molecule has 1 aromatic heterocycles. The van der Waals surface area contributed by atoms with Crippen molar-refractivity contribution in [1.29, 1.82) is 0 Å². The number of nitrogens with one attached hydrogen (secondary N) is 1. The molecule has 0 amide bonds. The third kappa shape index (κ3) is 0.986. The summed E-state index contributed by atoms with van der Waals surface area (Å²) in [6, 6.07) is 2.31. The number of fused-ring (bicyclic) bond motifs is 2. The maximum atomic E-state index is 3.70. The molecule has 0 radical (unpaired) electrons. The highest BCUT2D eigenvalue weighted by Crippen LogP contribution is 2.51. The SMILES string of the molecule is CC1(C)NCC2(CCC2)c2sccc21. The molecule has 2 aliphatic rings. The van der Waals surface area contributed by atoms with E-state index in [1.54, 1.807) is 10.4 Å². The van der Waals surface area contributed by atoms with E-state index in [1.807, 2.05) is 11.3 Å². The molecule has 1 spiro atoms. The lowest BCUT2D eigenvalue weighted by molar-refractivity contribution is 0.187. The van der Waals surface area contributed by atoms with Crippen molar-refractivity contribution < 1.29 is 0 Å². The quantitative estimate of drug-likeness (QED) is 0.689. The summed E-state index contributed by atoms with van der Waals surface area (Å²) in [5.41, 5.74) is 2.27. The maximum Gasteiger partial charge on any atom is 0.0389 e. The molecule has 0 bridgehead atoms. The minimum Gasteiger partial charge on any atom is -0.307 e. The lowest BCUT2D eigenvalue weighted by Crippen LogP contribution is -2.54. The first kappa shape index (κ1) is 8.93. The summed E-state index contributed by atoms with van der Waals surface area (Å²) in [6.45, 7) is 5.78. The molecule has 1 aromatic rings. The second kappa shape index (κ2) is 2.61. The largest absolute Gasteiger partial charge is 0.307 e. The molecule has 3 rings (SSSR count).